The minimum atomic E-state index is -0.0774. The molecule has 0 fully saturated rings. The second-order valence-electron chi connectivity index (χ2n) is 8.26. The van der Waals surface area contributed by atoms with E-state index in [0.717, 1.165) is 28.7 Å². The highest BCUT2D eigenvalue weighted by atomic mass is 16.2. The van der Waals surface area contributed by atoms with Gasteiger partial charge in [-0.05, 0) is 43.4 Å². The quantitative estimate of drug-likeness (QED) is 0.420. The van der Waals surface area contributed by atoms with Gasteiger partial charge in [-0.3, -0.25) is 4.79 Å². The smallest absolute Gasteiger partial charge is 0.255 e. The van der Waals surface area contributed by atoms with Gasteiger partial charge in [-0.2, -0.15) is 10.4 Å². The summed E-state index contributed by atoms with van der Waals surface area (Å²) in [5.41, 5.74) is 4.01. The molecule has 0 saturated carbocycles. The van der Waals surface area contributed by atoms with Crippen LogP contribution in [0.25, 0.3) is 11.0 Å². The molecular formula is C26H26N6O. The fourth-order valence-corrected chi connectivity index (χ4v) is 3.62. The van der Waals surface area contributed by atoms with E-state index in [1.165, 1.54) is 0 Å². The summed E-state index contributed by atoms with van der Waals surface area (Å²) in [5.74, 6) is -0.0774. The van der Waals surface area contributed by atoms with Gasteiger partial charge in [0.2, 0.25) is 0 Å². The van der Waals surface area contributed by atoms with Gasteiger partial charge in [0.25, 0.3) is 5.91 Å². The third-order valence-corrected chi connectivity index (χ3v) is 5.46. The van der Waals surface area contributed by atoms with Crippen LogP contribution in [0.5, 0.6) is 0 Å². The van der Waals surface area contributed by atoms with Crippen LogP contribution in [0.3, 0.4) is 0 Å². The van der Waals surface area contributed by atoms with Crippen molar-refractivity contribution < 1.29 is 4.79 Å². The Bertz CT molecular complexity index is 1270. The number of aromatic nitrogens is 3. The van der Waals surface area contributed by atoms with Crippen LogP contribution < -0.4 is 0 Å². The Labute approximate surface area is 193 Å². The standard InChI is InChI=1S/C26H26N6O/c1-30(2)12-13-31(18-22-10-8-20(15-27)9-11-22)26(33)24-14-23-17-29-32(25(23)28-16-24)19-21-6-4-3-5-7-21/h3-11,14,16-17H,12-13,18-19H2,1-2H3. The van der Waals surface area contributed by atoms with Gasteiger partial charge in [0.05, 0.1) is 29.9 Å². The Kier molecular flexibility index (Phi) is 6.77. The minimum Gasteiger partial charge on any atom is -0.333 e. The largest absolute Gasteiger partial charge is 0.333 e. The van der Waals surface area contributed by atoms with Crippen LogP contribution in [0.4, 0.5) is 0 Å². The zero-order chi connectivity index (χ0) is 23.2. The second-order valence-corrected chi connectivity index (χ2v) is 8.26. The van der Waals surface area contributed by atoms with Crippen LogP contribution >= 0.6 is 0 Å². The lowest BCUT2D eigenvalue weighted by Gasteiger charge is -2.24. The number of likely N-dealkylation sites (N-methyl/N-ethyl adjacent to an activating group) is 1. The average Bonchev–Trinajstić information content (AvgIpc) is 3.24. The monoisotopic (exact) mass is 438 g/mol. The van der Waals surface area contributed by atoms with Crippen molar-refractivity contribution in [1.29, 1.82) is 5.26 Å². The molecule has 7 heteroatoms. The Hall–Kier alpha value is -4.02. The molecule has 166 valence electrons. The average molecular weight is 439 g/mol. The van der Waals surface area contributed by atoms with Crippen molar-refractivity contribution >= 4 is 16.9 Å². The molecule has 0 aliphatic heterocycles. The first-order valence-electron chi connectivity index (χ1n) is 10.8. The number of nitriles is 1. The molecule has 0 spiro atoms. The van der Waals surface area contributed by atoms with Crippen molar-refractivity contribution in [3.63, 3.8) is 0 Å². The van der Waals surface area contributed by atoms with Crippen LogP contribution in [-0.2, 0) is 13.1 Å². The van der Waals surface area contributed by atoms with Crippen molar-refractivity contribution in [2.75, 3.05) is 27.2 Å². The molecule has 4 rings (SSSR count). The van der Waals surface area contributed by atoms with E-state index in [2.05, 4.69) is 28.3 Å². The molecule has 1 amide bonds. The molecule has 0 aliphatic rings. The number of fused-ring (bicyclic) bond motifs is 1. The van der Waals surface area contributed by atoms with E-state index >= 15 is 0 Å². The predicted molar refractivity (Wildman–Crippen MR) is 128 cm³/mol. The molecule has 2 aromatic heterocycles. The van der Waals surface area contributed by atoms with E-state index in [1.54, 1.807) is 24.5 Å². The number of hydrogen-bond donors (Lipinski definition) is 0. The summed E-state index contributed by atoms with van der Waals surface area (Å²) in [6.07, 6.45) is 3.39. The highest BCUT2D eigenvalue weighted by Gasteiger charge is 2.18. The third kappa shape index (κ3) is 5.43. The van der Waals surface area contributed by atoms with Crippen LogP contribution in [-0.4, -0.2) is 57.7 Å². The molecule has 0 radical (unpaired) electrons. The lowest BCUT2D eigenvalue weighted by molar-refractivity contribution is 0.0731. The normalized spacial score (nSPS) is 11.0. The summed E-state index contributed by atoms with van der Waals surface area (Å²) in [6.45, 7) is 2.41. The highest BCUT2D eigenvalue weighted by Crippen LogP contribution is 2.17. The van der Waals surface area contributed by atoms with Gasteiger partial charge in [-0.15, -0.1) is 0 Å². The molecule has 4 aromatic rings. The van der Waals surface area contributed by atoms with Gasteiger partial charge >= 0.3 is 0 Å². The molecule has 7 nitrogen and oxygen atoms in total. The molecule has 0 aliphatic carbocycles. The number of nitrogens with zero attached hydrogens (tertiary/aromatic N) is 6. The van der Waals surface area contributed by atoms with Gasteiger partial charge in [0.1, 0.15) is 0 Å². The zero-order valence-electron chi connectivity index (χ0n) is 18.8. The maximum Gasteiger partial charge on any atom is 0.255 e. The number of pyridine rings is 1. The fourth-order valence-electron chi connectivity index (χ4n) is 3.62. The van der Waals surface area contributed by atoms with E-state index in [9.17, 15) is 4.79 Å². The van der Waals surface area contributed by atoms with Crippen molar-refractivity contribution in [2.45, 2.75) is 13.1 Å². The second kappa shape index (κ2) is 10.1. The van der Waals surface area contributed by atoms with Crippen molar-refractivity contribution in [2.24, 2.45) is 0 Å². The maximum absolute atomic E-state index is 13.4. The SMILES string of the molecule is CN(C)CCN(Cc1ccc(C#N)cc1)C(=O)c1cnc2c(cnn2Cc2ccccc2)c1. The first-order chi connectivity index (χ1) is 16.0. The van der Waals surface area contributed by atoms with Gasteiger partial charge in [-0.1, -0.05) is 42.5 Å². The Balaban J connectivity index is 1.56. The first-order valence-corrected chi connectivity index (χ1v) is 10.8. The zero-order valence-corrected chi connectivity index (χ0v) is 18.8. The summed E-state index contributed by atoms with van der Waals surface area (Å²) in [4.78, 5) is 21.9. The molecule has 0 saturated heterocycles. The van der Waals surface area contributed by atoms with Crippen LogP contribution in [0, 0.1) is 11.3 Å². The molecule has 0 bridgehead atoms. The predicted octanol–water partition coefficient (Wildman–Crippen LogP) is 3.56. The minimum absolute atomic E-state index is 0.0774. The summed E-state index contributed by atoms with van der Waals surface area (Å²) >= 11 is 0. The highest BCUT2D eigenvalue weighted by molar-refractivity contribution is 5.96. The van der Waals surface area contributed by atoms with Gasteiger partial charge < -0.3 is 9.80 Å². The molecular weight excluding hydrogens is 412 g/mol. The van der Waals surface area contributed by atoms with Gasteiger partial charge in [0, 0.05) is 31.2 Å². The summed E-state index contributed by atoms with van der Waals surface area (Å²) in [7, 11) is 3.97. The lowest BCUT2D eigenvalue weighted by atomic mass is 10.1. The molecule has 2 heterocycles. The van der Waals surface area contributed by atoms with E-state index in [1.807, 2.05) is 65.0 Å². The Morgan fingerprint density at radius 3 is 2.45 bits per heavy atom. The summed E-state index contributed by atoms with van der Waals surface area (Å²) in [6, 6.07) is 21.4. The Morgan fingerprint density at radius 2 is 1.76 bits per heavy atom. The van der Waals surface area contributed by atoms with Crippen LogP contribution in [0.15, 0.2) is 73.1 Å². The number of hydrogen-bond acceptors (Lipinski definition) is 5. The third-order valence-electron chi connectivity index (χ3n) is 5.46. The van der Waals surface area contributed by atoms with E-state index in [4.69, 9.17) is 5.26 Å². The lowest BCUT2D eigenvalue weighted by Crippen LogP contribution is -2.36. The number of benzene rings is 2. The summed E-state index contributed by atoms with van der Waals surface area (Å²) in [5, 5.41) is 14.3. The molecule has 0 atom stereocenters. The number of carbonyl (C=O) groups is 1. The van der Waals surface area contributed by atoms with Crippen LogP contribution in [0.2, 0.25) is 0 Å². The van der Waals surface area contributed by atoms with Gasteiger partial charge in [0.15, 0.2) is 5.65 Å². The topological polar surface area (TPSA) is 78.1 Å². The first kappa shape index (κ1) is 22.2. The van der Waals surface area contributed by atoms with E-state index < -0.39 is 0 Å². The van der Waals surface area contributed by atoms with Crippen molar-refractivity contribution in [3.05, 3.63) is 95.3 Å². The molecule has 0 N–H and O–H groups in total. The van der Waals surface area contributed by atoms with Crippen LogP contribution in [0.1, 0.15) is 27.0 Å². The van der Waals surface area contributed by atoms with Crippen molar-refractivity contribution in [3.8, 4) is 6.07 Å². The van der Waals surface area contributed by atoms with Crippen molar-refractivity contribution in [1.82, 2.24) is 24.6 Å². The number of carbonyl (C=O) groups excluding carboxylic acids is 1. The van der Waals surface area contributed by atoms with Gasteiger partial charge in [-0.25, -0.2) is 9.67 Å². The molecule has 0 unspecified atom stereocenters. The Morgan fingerprint density at radius 1 is 1.00 bits per heavy atom. The molecule has 33 heavy (non-hydrogen) atoms. The fraction of sp³-hybridized carbons (Fsp3) is 0.231. The number of amides is 1. The maximum atomic E-state index is 13.4. The number of rotatable bonds is 8. The molecule has 2 aromatic carbocycles. The van der Waals surface area contributed by atoms with E-state index in [0.29, 0.717) is 30.8 Å². The summed E-state index contributed by atoms with van der Waals surface area (Å²) < 4.78 is 1.85. The van der Waals surface area contributed by atoms with E-state index in [-0.39, 0.29) is 5.91 Å².